The van der Waals surface area contributed by atoms with Gasteiger partial charge in [-0.05, 0) is 31.9 Å². The van der Waals surface area contributed by atoms with Gasteiger partial charge in [-0.25, -0.2) is 0 Å². The number of hydrogen-bond donors (Lipinski definition) is 2. The summed E-state index contributed by atoms with van der Waals surface area (Å²) in [7, 11) is 0. The number of aliphatic hydroxyl groups excluding tert-OH is 1. The van der Waals surface area contributed by atoms with Crippen molar-refractivity contribution in [3.63, 3.8) is 0 Å². The summed E-state index contributed by atoms with van der Waals surface area (Å²) in [5.41, 5.74) is 0.751. The lowest BCUT2D eigenvalue weighted by molar-refractivity contribution is 0.0763. The smallest absolute Gasteiger partial charge is 0.178 e. The summed E-state index contributed by atoms with van der Waals surface area (Å²) < 4.78 is 1.72. The highest BCUT2D eigenvalue weighted by atomic mass is 16.3. The molecule has 0 radical (unpaired) electrons. The van der Waals surface area contributed by atoms with Gasteiger partial charge in [0.05, 0.1) is 6.10 Å². The highest BCUT2D eigenvalue weighted by Gasteiger charge is 2.22. The van der Waals surface area contributed by atoms with Crippen molar-refractivity contribution in [3.8, 4) is 0 Å². The lowest BCUT2D eigenvalue weighted by Gasteiger charge is -2.27. The number of hydrogen-bond acceptors (Lipinski definition) is 5. The van der Waals surface area contributed by atoms with E-state index in [9.17, 15) is 5.11 Å². The maximum atomic E-state index is 9.94. The van der Waals surface area contributed by atoms with Crippen LogP contribution in [0.4, 0.5) is 5.82 Å². The van der Waals surface area contributed by atoms with Crippen LogP contribution in [0.5, 0.6) is 0 Å². The maximum absolute atomic E-state index is 9.94. The Morgan fingerprint density at radius 2 is 2.16 bits per heavy atom. The fourth-order valence-electron chi connectivity index (χ4n) is 2.65. The van der Waals surface area contributed by atoms with Crippen molar-refractivity contribution in [2.24, 2.45) is 5.92 Å². The molecule has 2 N–H and O–H groups in total. The molecule has 102 valence electrons. The van der Waals surface area contributed by atoms with Crippen molar-refractivity contribution in [3.05, 3.63) is 18.0 Å². The third-order valence-corrected chi connectivity index (χ3v) is 3.83. The molecule has 2 unspecified atom stereocenters. The molecule has 1 saturated carbocycles. The van der Waals surface area contributed by atoms with Crippen LogP contribution in [0.3, 0.4) is 0 Å². The predicted octanol–water partition coefficient (Wildman–Crippen LogP) is 1.40. The lowest BCUT2D eigenvalue weighted by Crippen LogP contribution is -2.30. The monoisotopic (exact) mass is 261 g/mol. The zero-order chi connectivity index (χ0) is 13.2. The van der Waals surface area contributed by atoms with E-state index in [4.69, 9.17) is 0 Å². The minimum absolute atomic E-state index is 0.179. The summed E-state index contributed by atoms with van der Waals surface area (Å²) in [6.07, 6.45) is 4.18. The largest absolute Gasteiger partial charge is 0.393 e. The zero-order valence-electron chi connectivity index (χ0n) is 11.1. The van der Waals surface area contributed by atoms with Crippen LogP contribution >= 0.6 is 0 Å². The van der Waals surface area contributed by atoms with E-state index in [1.807, 2.05) is 19.1 Å². The average molecular weight is 261 g/mol. The molecule has 2 heterocycles. The van der Waals surface area contributed by atoms with Crippen molar-refractivity contribution in [1.82, 2.24) is 19.8 Å². The Labute approximate surface area is 111 Å². The van der Waals surface area contributed by atoms with Crippen molar-refractivity contribution < 1.29 is 5.11 Å². The number of rotatable bonds is 3. The number of aromatic nitrogens is 4. The van der Waals surface area contributed by atoms with Crippen LogP contribution in [0.25, 0.3) is 5.65 Å². The molecular formula is C13H19N5O. The molecule has 2 aromatic heterocycles. The molecule has 2 aromatic rings. The number of fused-ring (bicyclic) bond motifs is 1. The number of aryl methyl sites for hydroxylation is 1. The minimum Gasteiger partial charge on any atom is -0.393 e. The van der Waals surface area contributed by atoms with Crippen LogP contribution in [0.2, 0.25) is 0 Å². The maximum Gasteiger partial charge on any atom is 0.178 e. The average Bonchev–Trinajstić information content (AvgIpc) is 2.79. The summed E-state index contributed by atoms with van der Waals surface area (Å²) in [6, 6.07) is 3.80. The Kier molecular flexibility index (Phi) is 3.33. The lowest BCUT2D eigenvalue weighted by atomic mass is 9.86. The molecule has 1 aliphatic carbocycles. The van der Waals surface area contributed by atoms with E-state index in [2.05, 4.69) is 20.6 Å². The Balaban J connectivity index is 1.69. The molecule has 0 bridgehead atoms. The van der Waals surface area contributed by atoms with Gasteiger partial charge in [-0.3, -0.25) is 0 Å². The molecule has 3 rings (SSSR count). The molecule has 1 aliphatic rings. The highest BCUT2D eigenvalue weighted by Crippen LogP contribution is 2.24. The molecule has 1 fully saturated rings. The van der Waals surface area contributed by atoms with Gasteiger partial charge in [0, 0.05) is 12.5 Å². The van der Waals surface area contributed by atoms with Gasteiger partial charge < -0.3 is 10.4 Å². The fourth-order valence-corrected chi connectivity index (χ4v) is 2.65. The molecule has 6 nitrogen and oxygen atoms in total. The van der Waals surface area contributed by atoms with E-state index in [-0.39, 0.29) is 6.10 Å². The van der Waals surface area contributed by atoms with Gasteiger partial charge in [-0.1, -0.05) is 12.8 Å². The van der Waals surface area contributed by atoms with Crippen molar-refractivity contribution in [2.75, 3.05) is 11.9 Å². The van der Waals surface area contributed by atoms with Crippen LogP contribution in [-0.4, -0.2) is 37.6 Å². The third-order valence-electron chi connectivity index (χ3n) is 3.83. The van der Waals surface area contributed by atoms with Gasteiger partial charge in [0.1, 0.15) is 5.82 Å². The first-order valence-corrected chi connectivity index (χ1v) is 6.85. The Hall–Kier alpha value is -1.69. The molecule has 0 aliphatic heterocycles. The minimum atomic E-state index is -0.179. The summed E-state index contributed by atoms with van der Waals surface area (Å²) in [5, 5.41) is 25.7. The van der Waals surface area contributed by atoms with Crippen LogP contribution in [0.15, 0.2) is 12.1 Å². The van der Waals surface area contributed by atoms with E-state index >= 15 is 0 Å². The fraction of sp³-hybridized carbons (Fsp3) is 0.615. The van der Waals surface area contributed by atoms with E-state index in [0.29, 0.717) is 5.92 Å². The molecule has 19 heavy (non-hydrogen) atoms. The number of anilines is 1. The van der Waals surface area contributed by atoms with Crippen molar-refractivity contribution in [2.45, 2.75) is 38.7 Å². The summed E-state index contributed by atoms with van der Waals surface area (Å²) in [5.74, 6) is 1.90. The topological polar surface area (TPSA) is 75.3 Å². The Morgan fingerprint density at radius 3 is 3.00 bits per heavy atom. The molecular weight excluding hydrogens is 242 g/mol. The normalized spacial score (nSPS) is 23.7. The van der Waals surface area contributed by atoms with Crippen LogP contribution < -0.4 is 5.32 Å². The van der Waals surface area contributed by atoms with Crippen LogP contribution in [0, 0.1) is 12.8 Å². The van der Waals surface area contributed by atoms with Crippen molar-refractivity contribution >= 4 is 11.5 Å². The van der Waals surface area contributed by atoms with E-state index in [0.717, 1.165) is 43.1 Å². The molecule has 0 aromatic carbocycles. The van der Waals surface area contributed by atoms with E-state index in [1.54, 1.807) is 4.52 Å². The van der Waals surface area contributed by atoms with E-state index < -0.39 is 0 Å². The first kappa shape index (κ1) is 12.3. The van der Waals surface area contributed by atoms with Gasteiger partial charge in [-0.2, -0.15) is 4.52 Å². The quantitative estimate of drug-likeness (QED) is 0.873. The molecule has 0 saturated heterocycles. The van der Waals surface area contributed by atoms with Gasteiger partial charge >= 0.3 is 0 Å². The van der Waals surface area contributed by atoms with Crippen LogP contribution in [0.1, 0.15) is 31.5 Å². The molecule has 2 atom stereocenters. The summed E-state index contributed by atoms with van der Waals surface area (Å²) >= 11 is 0. The van der Waals surface area contributed by atoms with Gasteiger partial charge in [0.2, 0.25) is 0 Å². The third kappa shape index (κ3) is 2.53. The number of nitrogens with zero attached hydrogens (tertiary/aromatic N) is 4. The van der Waals surface area contributed by atoms with E-state index in [1.165, 1.54) is 6.42 Å². The summed E-state index contributed by atoms with van der Waals surface area (Å²) in [4.78, 5) is 0. The molecule has 0 amide bonds. The van der Waals surface area contributed by atoms with Gasteiger partial charge in [-0.15, -0.1) is 15.3 Å². The number of aliphatic hydroxyl groups is 1. The molecule has 0 spiro atoms. The number of nitrogens with one attached hydrogen (secondary N) is 1. The second-order valence-corrected chi connectivity index (χ2v) is 5.23. The standard InChI is InChI=1S/C13H19N5O/c1-9-15-16-13-7-6-12(17-18(9)13)14-8-10-4-2-3-5-11(10)19/h6-7,10-11,19H,2-5,8H2,1H3,(H,14,17). The first-order chi connectivity index (χ1) is 9.24. The van der Waals surface area contributed by atoms with Gasteiger partial charge in [0.25, 0.3) is 0 Å². The summed E-state index contributed by atoms with van der Waals surface area (Å²) in [6.45, 7) is 2.64. The Morgan fingerprint density at radius 1 is 1.32 bits per heavy atom. The second-order valence-electron chi connectivity index (χ2n) is 5.23. The SMILES string of the molecule is Cc1nnc2ccc(NCC3CCCCC3O)nn12. The second kappa shape index (κ2) is 5.13. The first-order valence-electron chi connectivity index (χ1n) is 6.85. The van der Waals surface area contributed by atoms with Crippen LogP contribution in [-0.2, 0) is 0 Å². The zero-order valence-corrected chi connectivity index (χ0v) is 11.1. The van der Waals surface area contributed by atoms with Gasteiger partial charge in [0.15, 0.2) is 11.5 Å². The van der Waals surface area contributed by atoms with Crippen molar-refractivity contribution in [1.29, 1.82) is 0 Å². The predicted molar refractivity (Wildman–Crippen MR) is 72.0 cm³/mol. The molecule has 6 heteroatoms. The Bertz CT molecular complexity index is 567. The highest BCUT2D eigenvalue weighted by molar-refractivity contribution is 5.43.